The van der Waals surface area contributed by atoms with Gasteiger partial charge >= 0.3 is 5.97 Å². The van der Waals surface area contributed by atoms with Crippen molar-refractivity contribution in [2.75, 3.05) is 13.2 Å². The van der Waals surface area contributed by atoms with Crippen LogP contribution >= 0.6 is 0 Å². The third kappa shape index (κ3) is 8.63. The van der Waals surface area contributed by atoms with E-state index < -0.39 is 73.6 Å². The summed E-state index contributed by atoms with van der Waals surface area (Å²) in [7, 11) is 0. The van der Waals surface area contributed by atoms with Crippen molar-refractivity contribution in [2.45, 2.75) is 55.7 Å². The van der Waals surface area contributed by atoms with Gasteiger partial charge < -0.3 is 50.7 Å². The van der Waals surface area contributed by atoms with Gasteiger partial charge in [-0.25, -0.2) is 4.79 Å². The Hall–Kier alpha value is -4.37. The summed E-state index contributed by atoms with van der Waals surface area (Å²) in [5.74, 6) is -5.35. The molecule has 13 heteroatoms. The topological polar surface area (TPSA) is 215 Å². The smallest absolute Gasteiger partial charge is 0.364 e. The highest BCUT2D eigenvalue weighted by Crippen LogP contribution is 2.34. The van der Waals surface area contributed by atoms with Crippen molar-refractivity contribution < 1.29 is 54.5 Å². The Bertz CT molecular complexity index is 1440. The average Bonchev–Trinajstić information content (AvgIpc) is 3.04. The summed E-state index contributed by atoms with van der Waals surface area (Å²) >= 11 is 0. The number of aliphatic hydroxyl groups is 4. The van der Waals surface area contributed by atoms with E-state index in [0.717, 1.165) is 11.1 Å². The van der Waals surface area contributed by atoms with Gasteiger partial charge in [-0.2, -0.15) is 0 Å². The summed E-state index contributed by atoms with van der Waals surface area (Å²) in [6.45, 7) is -1.67. The number of phenols is 1. The van der Waals surface area contributed by atoms with Gasteiger partial charge in [-0.1, -0.05) is 66.7 Å². The summed E-state index contributed by atoms with van der Waals surface area (Å²) in [6, 6.07) is 20.9. The molecule has 3 aromatic rings. The van der Waals surface area contributed by atoms with Crippen molar-refractivity contribution in [3.8, 4) is 16.9 Å². The maximum Gasteiger partial charge on any atom is 0.364 e. The van der Waals surface area contributed by atoms with E-state index in [2.05, 4.69) is 10.6 Å². The molecule has 0 spiro atoms. The van der Waals surface area contributed by atoms with Crippen molar-refractivity contribution in [1.82, 2.24) is 10.6 Å². The average molecular weight is 625 g/mol. The maximum absolute atomic E-state index is 12.6. The molecule has 1 saturated heterocycles. The quantitative estimate of drug-likeness (QED) is 0.127. The molecule has 4 rings (SSSR count). The number of rotatable bonds is 13. The number of carboxylic acids is 1. The predicted octanol–water partition coefficient (Wildman–Crippen LogP) is 0.0643. The molecular formula is C32H36N2O11. The Morgan fingerprint density at radius 2 is 1.53 bits per heavy atom. The van der Waals surface area contributed by atoms with Crippen LogP contribution in [0, 0.1) is 0 Å². The minimum Gasteiger partial charge on any atom is -0.508 e. The fourth-order valence-electron chi connectivity index (χ4n) is 5.00. The summed E-state index contributed by atoms with van der Waals surface area (Å²) in [5, 5.41) is 66.3. The molecular weight excluding hydrogens is 588 g/mol. The number of hydrogen-bond acceptors (Lipinski definition) is 10. The van der Waals surface area contributed by atoms with Gasteiger partial charge in [0.15, 0.2) is 0 Å². The molecule has 1 fully saturated rings. The third-order valence-electron chi connectivity index (χ3n) is 7.44. The van der Waals surface area contributed by atoms with E-state index in [9.17, 15) is 45.0 Å². The van der Waals surface area contributed by atoms with E-state index in [4.69, 9.17) is 9.47 Å². The number of hydrogen-bond donors (Lipinski definition) is 8. The highest BCUT2D eigenvalue weighted by atomic mass is 16.7. The molecule has 240 valence electrons. The molecule has 0 aromatic heterocycles. The van der Waals surface area contributed by atoms with Crippen molar-refractivity contribution in [2.24, 2.45) is 0 Å². The molecule has 8 N–H and O–H groups in total. The molecule has 0 bridgehead atoms. The van der Waals surface area contributed by atoms with E-state index in [1.165, 1.54) is 0 Å². The van der Waals surface area contributed by atoms with Gasteiger partial charge in [0, 0.05) is 13.0 Å². The Morgan fingerprint density at radius 1 is 0.911 bits per heavy atom. The monoisotopic (exact) mass is 624 g/mol. The molecule has 1 aliphatic rings. The summed E-state index contributed by atoms with van der Waals surface area (Å²) < 4.78 is 11.3. The number of aliphatic carboxylic acids is 1. The fourth-order valence-corrected chi connectivity index (χ4v) is 5.00. The summed E-state index contributed by atoms with van der Waals surface area (Å²) in [6.07, 6.45) is -7.71. The Labute approximate surface area is 258 Å². The zero-order valence-electron chi connectivity index (χ0n) is 24.2. The minimum atomic E-state index is -2.46. The van der Waals surface area contributed by atoms with Crippen molar-refractivity contribution >= 4 is 17.8 Å². The van der Waals surface area contributed by atoms with Gasteiger partial charge in [-0.05, 0) is 34.4 Å². The van der Waals surface area contributed by atoms with E-state index >= 15 is 0 Å². The number of carboxylic acid groups (broad SMARTS) is 1. The second-order valence-electron chi connectivity index (χ2n) is 10.7. The van der Waals surface area contributed by atoms with Gasteiger partial charge in [0.05, 0.1) is 31.3 Å². The number of nitrogens with one attached hydrogen (secondary N) is 2. The van der Waals surface area contributed by atoms with Crippen molar-refractivity contribution in [3.63, 3.8) is 0 Å². The van der Waals surface area contributed by atoms with Gasteiger partial charge in [0.1, 0.15) is 24.6 Å². The number of ether oxygens (including phenoxy) is 2. The zero-order valence-corrected chi connectivity index (χ0v) is 24.2. The largest absolute Gasteiger partial charge is 0.508 e. The minimum absolute atomic E-state index is 0.0536. The fraction of sp³-hybridized carbons (Fsp3) is 0.344. The van der Waals surface area contributed by atoms with Gasteiger partial charge in [0.2, 0.25) is 11.8 Å². The van der Waals surface area contributed by atoms with Gasteiger partial charge in [-0.3, -0.25) is 9.59 Å². The van der Waals surface area contributed by atoms with Crippen molar-refractivity contribution in [3.05, 3.63) is 90.0 Å². The molecule has 13 nitrogen and oxygen atoms in total. The number of phenolic OH excluding ortho intramolecular Hbond substituents is 1. The third-order valence-corrected chi connectivity index (χ3v) is 7.44. The molecule has 0 saturated carbocycles. The number of carbonyl (C=O) groups excluding carboxylic acids is 2. The lowest BCUT2D eigenvalue weighted by Crippen LogP contribution is -2.68. The van der Waals surface area contributed by atoms with E-state index in [1.807, 2.05) is 12.1 Å². The first kappa shape index (κ1) is 33.5. The molecule has 1 aliphatic heterocycles. The molecule has 1 heterocycles. The van der Waals surface area contributed by atoms with Crippen LogP contribution in [0.2, 0.25) is 0 Å². The maximum atomic E-state index is 12.6. The molecule has 2 amide bonds. The predicted molar refractivity (Wildman–Crippen MR) is 158 cm³/mol. The van der Waals surface area contributed by atoms with Crippen LogP contribution in [0.1, 0.15) is 17.5 Å². The summed E-state index contributed by atoms with van der Waals surface area (Å²) in [4.78, 5) is 37.0. The van der Waals surface area contributed by atoms with Crippen LogP contribution in [0.15, 0.2) is 78.9 Å². The van der Waals surface area contributed by atoms with Crippen LogP contribution in [-0.2, 0) is 36.9 Å². The van der Waals surface area contributed by atoms with Crippen LogP contribution in [0.4, 0.5) is 0 Å². The molecule has 45 heavy (non-hydrogen) atoms. The Kier molecular flexibility index (Phi) is 11.2. The van der Waals surface area contributed by atoms with Crippen LogP contribution in [0.5, 0.6) is 5.75 Å². The lowest BCUT2D eigenvalue weighted by atomic mass is 9.88. The molecule has 0 radical (unpaired) electrons. The first-order valence-corrected chi connectivity index (χ1v) is 14.2. The highest BCUT2D eigenvalue weighted by Gasteiger charge is 2.55. The molecule has 6 atom stereocenters. The SMILES string of the molecule is O=C(Cc1ccc(-c2ccc(O)cc2)cc1)NC[C@@H](O)[C@@H](O)C1O[C@@](OCc2ccccc2)(C(=O)O)C[C@H](O)[C@H]1NC(=O)CO. The number of aliphatic hydroxyl groups excluding tert-OH is 4. The second-order valence-corrected chi connectivity index (χ2v) is 10.7. The first-order chi connectivity index (χ1) is 21.5. The number of carbonyl (C=O) groups is 3. The standard InChI is InChI=1S/C32H36N2O11/c35-17-27(40)34-28-24(37)15-32(31(42)43,44-18-20-4-2-1-3-5-20)45-30(28)29(41)25(38)16-33-26(39)14-19-6-8-21(9-7-19)22-10-12-23(36)13-11-22/h1-13,24-25,28-30,35-38,41H,14-18H2,(H,33,39)(H,34,40)(H,42,43)/t24-,25+,28+,29+,30?,32+/m0/s1. The van der Waals surface area contributed by atoms with E-state index in [1.54, 1.807) is 66.7 Å². The molecule has 3 aromatic carbocycles. The van der Waals surface area contributed by atoms with E-state index in [-0.39, 0.29) is 18.8 Å². The lowest BCUT2D eigenvalue weighted by molar-refractivity contribution is -0.314. The number of amides is 2. The normalized spacial score (nSPS) is 22.6. The van der Waals surface area contributed by atoms with E-state index in [0.29, 0.717) is 11.1 Å². The van der Waals surface area contributed by atoms with Gasteiger partial charge in [0.25, 0.3) is 5.79 Å². The van der Waals surface area contributed by atoms with Crippen LogP contribution in [0.25, 0.3) is 11.1 Å². The second kappa shape index (κ2) is 15.1. The van der Waals surface area contributed by atoms with Crippen LogP contribution in [0.3, 0.4) is 0 Å². The first-order valence-electron chi connectivity index (χ1n) is 14.2. The number of benzene rings is 3. The number of aromatic hydroxyl groups is 1. The molecule has 1 unspecified atom stereocenters. The Balaban J connectivity index is 1.42. The lowest BCUT2D eigenvalue weighted by Gasteiger charge is -2.46. The summed E-state index contributed by atoms with van der Waals surface area (Å²) in [5.41, 5.74) is 3.02. The van der Waals surface area contributed by atoms with Crippen LogP contribution < -0.4 is 10.6 Å². The highest BCUT2D eigenvalue weighted by molar-refractivity contribution is 5.79. The molecule has 0 aliphatic carbocycles. The van der Waals surface area contributed by atoms with Crippen LogP contribution in [-0.4, -0.2) is 97.8 Å². The van der Waals surface area contributed by atoms with Gasteiger partial charge in [-0.15, -0.1) is 0 Å². The van der Waals surface area contributed by atoms with Crippen molar-refractivity contribution in [1.29, 1.82) is 0 Å². The Morgan fingerprint density at radius 3 is 2.13 bits per heavy atom. The zero-order chi connectivity index (χ0) is 32.6.